The number of halogens is 1. The lowest BCUT2D eigenvalue weighted by atomic mass is 10.0. The minimum Gasteiger partial charge on any atom is -0.391 e. The van der Waals surface area contributed by atoms with Gasteiger partial charge in [0.2, 0.25) is 0 Å². The van der Waals surface area contributed by atoms with Crippen molar-refractivity contribution in [1.29, 1.82) is 0 Å². The molecule has 0 radical (unpaired) electrons. The molecule has 0 spiro atoms. The van der Waals surface area contributed by atoms with E-state index in [1.165, 1.54) is 6.20 Å². The summed E-state index contributed by atoms with van der Waals surface area (Å²) in [6.45, 7) is 5.79. The van der Waals surface area contributed by atoms with Crippen LogP contribution < -0.4 is 5.32 Å². The van der Waals surface area contributed by atoms with Gasteiger partial charge in [0.15, 0.2) is 0 Å². The standard InChI is InChI=1S/C12H18ClN3O2/c1-4-7(2)10(17)6-15-12(18)11-9(13)5-14-8(3)16-11/h5,7,10,17H,4,6H2,1-3H3,(H,15,18). The summed E-state index contributed by atoms with van der Waals surface area (Å²) >= 11 is 5.85. The van der Waals surface area contributed by atoms with Crippen LogP contribution in [0.5, 0.6) is 0 Å². The van der Waals surface area contributed by atoms with E-state index >= 15 is 0 Å². The average molecular weight is 272 g/mol. The van der Waals surface area contributed by atoms with E-state index in [1.54, 1.807) is 6.92 Å². The molecule has 18 heavy (non-hydrogen) atoms. The maximum Gasteiger partial charge on any atom is 0.271 e. The average Bonchev–Trinajstić information content (AvgIpc) is 2.37. The fraction of sp³-hybridized carbons (Fsp3) is 0.583. The van der Waals surface area contributed by atoms with Crippen LogP contribution in [0.1, 0.15) is 36.6 Å². The Morgan fingerprint density at radius 3 is 2.89 bits per heavy atom. The van der Waals surface area contributed by atoms with Crippen molar-refractivity contribution in [3.8, 4) is 0 Å². The van der Waals surface area contributed by atoms with Crippen molar-refractivity contribution in [3.63, 3.8) is 0 Å². The first-order chi connectivity index (χ1) is 8.45. The van der Waals surface area contributed by atoms with Crippen LogP contribution in [0, 0.1) is 12.8 Å². The van der Waals surface area contributed by atoms with Crippen LogP contribution in [-0.2, 0) is 0 Å². The van der Waals surface area contributed by atoms with E-state index < -0.39 is 12.0 Å². The predicted molar refractivity (Wildman–Crippen MR) is 69.6 cm³/mol. The maximum absolute atomic E-state index is 11.8. The number of carbonyl (C=O) groups excluding carboxylic acids is 1. The van der Waals surface area contributed by atoms with E-state index in [0.29, 0.717) is 5.82 Å². The Labute approximate surface area is 112 Å². The van der Waals surface area contributed by atoms with Crippen molar-refractivity contribution >= 4 is 17.5 Å². The predicted octanol–water partition coefficient (Wildman–Crippen LogP) is 1.58. The molecule has 0 aliphatic carbocycles. The van der Waals surface area contributed by atoms with Crippen molar-refractivity contribution in [2.45, 2.75) is 33.3 Å². The van der Waals surface area contributed by atoms with Gasteiger partial charge in [-0.3, -0.25) is 4.79 Å². The number of aromatic nitrogens is 2. The van der Waals surface area contributed by atoms with Crippen LogP contribution in [0.15, 0.2) is 6.20 Å². The molecule has 0 aliphatic rings. The van der Waals surface area contributed by atoms with Gasteiger partial charge in [-0.25, -0.2) is 9.97 Å². The largest absolute Gasteiger partial charge is 0.391 e. The first-order valence-electron chi connectivity index (χ1n) is 5.91. The van der Waals surface area contributed by atoms with E-state index in [-0.39, 0.29) is 23.2 Å². The maximum atomic E-state index is 11.8. The van der Waals surface area contributed by atoms with Crippen molar-refractivity contribution in [3.05, 3.63) is 22.7 Å². The first-order valence-corrected chi connectivity index (χ1v) is 6.28. The molecule has 5 nitrogen and oxygen atoms in total. The molecule has 1 heterocycles. The number of nitrogens with one attached hydrogen (secondary N) is 1. The summed E-state index contributed by atoms with van der Waals surface area (Å²) in [5, 5.41) is 12.6. The van der Waals surface area contributed by atoms with Gasteiger partial charge in [-0.2, -0.15) is 0 Å². The summed E-state index contributed by atoms with van der Waals surface area (Å²) in [6.07, 6.45) is 1.68. The molecule has 2 atom stereocenters. The van der Waals surface area contributed by atoms with E-state index in [4.69, 9.17) is 11.6 Å². The molecule has 1 aromatic heterocycles. The topological polar surface area (TPSA) is 75.1 Å². The number of hydrogen-bond acceptors (Lipinski definition) is 4. The van der Waals surface area contributed by atoms with Crippen molar-refractivity contribution in [2.24, 2.45) is 5.92 Å². The molecule has 0 saturated carbocycles. The highest BCUT2D eigenvalue weighted by molar-refractivity contribution is 6.33. The van der Waals surface area contributed by atoms with Crippen LogP contribution in [-0.4, -0.2) is 33.6 Å². The zero-order chi connectivity index (χ0) is 13.7. The monoisotopic (exact) mass is 271 g/mol. The molecule has 1 amide bonds. The molecular weight excluding hydrogens is 254 g/mol. The number of nitrogens with zero attached hydrogens (tertiary/aromatic N) is 2. The second-order valence-electron chi connectivity index (χ2n) is 4.28. The van der Waals surface area contributed by atoms with Gasteiger partial charge >= 0.3 is 0 Å². The summed E-state index contributed by atoms with van der Waals surface area (Å²) in [4.78, 5) is 19.7. The van der Waals surface area contributed by atoms with E-state index in [0.717, 1.165) is 6.42 Å². The van der Waals surface area contributed by atoms with Crippen LogP contribution in [0.25, 0.3) is 0 Å². The number of carbonyl (C=O) groups is 1. The van der Waals surface area contributed by atoms with Gasteiger partial charge in [-0.05, 0) is 12.8 Å². The number of rotatable bonds is 5. The van der Waals surface area contributed by atoms with Crippen molar-refractivity contribution < 1.29 is 9.90 Å². The number of hydrogen-bond donors (Lipinski definition) is 2. The molecule has 6 heteroatoms. The van der Waals surface area contributed by atoms with Crippen molar-refractivity contribution in [1.82, 2.24) is 15.3 Å². The third kappa shape index (κ3) is 3.92. The highest BCUT2D eigenvalue weighted by Crippen LogP contribution is 2.12. The Kier molecular flexibility index (Phi) is 5.50. The second kappa shape index (κ2) is 6.66. The normalized spacial score (nSPS) is 14.1. The minimum atomic E-state index is -0.569. The Hall–Kier alpha value is -1.20. The van der Waals surface area contributed by atoms with Gasteiger partial charge < -0.3 is 10.4 Å². The highest BCUT2D eigenvalue weighted by atomic mass is 35.5. The molecule has 2 unspecified atom stereocenters. The summed E-state index contributed by atoms with van der Waals surface area (Å²) in [5.41, 5.74) is 0.139. The van der Waals surface area contributed by atoms with Crippen LogP contribution in [0.2, 0.25) is 5.02 Å². The van der Waals surface area contributed by atoms with Gasteiger partial charge in [-0.15, -0.1) is 0 Å². The Bertz CT molecular complexity index is 426. The van der Waals surface area contributed by atoms with Gasteiger partial charge in [-0.1, -0.05) is 31.9 Å². The molecule has 100 valence electrons. The number of aliphatic hydroxyl groups is 1. The summed E-state index contributed by atoms with van der Waals surface area (Å²) in [7, 11) is 0. The third-order valence-corrected chi connectivity index (χ3v) is 3.13. The van der Waals surface area contributed by atoms with Gasteiger partial charge in [0.05, 0.1) is 17.3 Å². The number of aliphatic hydroxyl groups excluding tert-OH is 1. The molecule has 0 bridgehead atoms. The number of amides is 1. The zero-order valence-corrected chi connectivity index (χ0v) is 11.5. The van der Waals surface area contributed by atoms with E-state index in [1.807, 2.05) is 13.8 Å². The first kappa shape index (κ1) is 14.9. The lowest BCUT2D eigenvalue weighted by Gasteiger charge is -2.17. The molecule has 0 aromatic carbocycles. The van der Waals surface area contributed by atoms with E-state index in [9.17, 15) is 9.90 Å². The minimum absolute atomic E-state index is 0.132. The molecule has 0 fully saturated rings. The van der Waals surface area contributed by atoms with Gasteiger partial charge in [0.25, 0.3) is 5.91 Å². The molecule has 0 saturated heterocycles. The smallest absolute Gasteiger partial charge is 0.271 e. The highest BCUT2D eigenvalue weighted by Gasteiger charge is 2.17. The molecule has 1 rings (SSSR count). The SMILES string of the molecule is CCC(C)C(O)CNC(=O)c1nc(C)ncc1Cl. The molecule has 1 aromatic rings. The molecule has 2 N–H and O–H groups in total. The second-order valence-corrected chi connectivity index (χ2v) is 4.68. The summed E-state index contributed by atoms with van der Waals surface area (Å²) in [5.74, 6) is 0.216. The Morgan fingerprint density at radius 1 is 1.61 bits per heavy atom. The zero-order valence-electron chi connectivity index (χ0n) is 10.8. The summed E-state index contributed by atoms with van der Waals surface area (Å²) < 4.78 is 0. The Morgan fingerprint density at radius 2 is 2.28 bits per heavy atom. The van der Waals surface area contributed by atoms with Gasteiger partial charge in [0, 0.05) is 6.54 Å². The fourth-order valence-corrected chi connectivity index (χ4v) is 1.55. The fourth-order valence-electron chi connectivity index (χ4n) is 1.37. The van der Waals surface area contributed by atoms with Gasteiger partial charge in [0.1, 0.15) is 11.5 Å². The quantitative estimate of drug-likeness (QED) is 0.853. The summed E-state index contributed by atoms with van der Waals surface area (Å²) in [6, 6.07) is 0. The molecule has 0 aliphatic heterocycles. The van der Waals surface area contributed by atoms with Crippen LogP contribution in [0.3, 0.4) is 0 Å². The van der Waals surface area contributed by atoms with Crippen LogP contribution >= 0.6 is 11.6 Å². The lowest BCUT2D eigenvalue weighted by Crippen LogP contribution is -2.36. The van der Waals surface area contributed by atoms with Crippen molar-refractivity contribution in [2.75, 3.05) is 6.54 Å². The Balaban J connectivity index is 2.63. The van der Waals surface area contributed by atoms with Crippen LogP contribution in [0.4, 0.5) is 0 Å². The molecular formula is C12H18ClN3O2. The van der Waals surface area contributed by atoms with E-state index in [2.05, 4.69) is 15.3 Å². The number of aryl methyl sites for hydroxylation is 1. The third-order valence-electron chi connectivity index (χ3n) is 2.85. The lowest BCUT2D eigenvalue weighted by molar-refractivity contribution is 0.0846.